The fraction of sp³-hybridized carbons (Fsp3) is 0.125. The Kier molecular flexibility index (Phi) is 4.17. The maximum Gasteiger partial charge on any atom is 0.224 e. The standard InChI is InChI=1S/C16H14O2S/c1-11-7-9-13(10-8-11)16(18)19-15-6-4-3-5-14(15)12(2)17/h3-10H,1-2H3. The molecule has 0 aliphatic carbocycles. The predicted molar refractivity (Wildman–Crippen MR) is 77.8 cm³/mol. The second kappa shape index (κ2) is 5.85. The lowest BCUT2D eigenvalue weighted by molar-refractivity contribution is 0.101. The van der Waals surface area contributed by atoms with Crippen molar-refractivity contribution >= 4 is 22.7 Å². The van der Waals surface area contributed by atoms with E-state index in [0.717, 1.165) is 17.3 Å². The second-order valence-electron chi connectivity index (χ2n) is 4.31. The molecule has 0 amide bonds. The van der Waals surface area contributed by atoms with E-state index in [4.69, 9.17) is 0 Å². The normalized spacial score (nSPS) is 10.2. The predicted octanol–water partition coefficient (Wildman–Crippen LogP) is 4.13. The van der Waals surface area contributed by atoms with Crippen LogP contribution in [-0.2, 0) is 0 Å². The van der Waals surface area contributed by atoms with Gasteiger partial charge in [0.1, 0.15) is 0 Å². The largest absolute Gasteiger partial charge is 0.294 e. The van der Waals surface area contributed by atoms with Gasteiger partial charge in [-0.2, -0.15) is 0 Å². The van der Waals surface area contributed by atoms with Crippen molar-refractivity contribution in [3.8, 4) is 0 Å². The van der Waals surface area contributed by atoms with Gasteiger partial charge in [0.2, 0.25) is 5.12 Å². The van der Waals surface area contributed by atoms with Gasteiger partial charge in [0, 0.05) is 16.0 Å². The van der Waals surface area contributed by atoms with E-state index >= 15 is 0 Å². The fourth-order valence-corrected chi connectivity index (χ4v) is 2.62. The Morgan fingerprint density at radius 2 is 1.58 bits per heavy atom. The van der Waals surface area contributed by atoms with Gasteiger partial charge in [-0.25, -0.2) is 0 Å². The molecule has 0 unspecified atom stereocenters. The molecule has 0 heterocycles. The Balaban J connectivity index is 2.24. The van der Waals surface area contributed by atoms with Crippen molar-refractivity contribution in [2.75, 3.05) is 0 Å². The molecular weight excluding hydrogens is 256 g/mol. The van der Waals surface area contributed by atoms with Crippen LogP contribution in [0.2, 0.25) is 0 Å². The lowest BCUT2D eigenvalue weighted by Gasteiger charge is -2.05. The van der Waals surface area contributed by atoms with Crippen molar-refractivity contribution in [3.63, 3.8) is 0 Å². The number of carbonyl (C=O) groups excluding carboxylic acids is 2. The first-order valence-electron chi connectivity index (χ1n) is 5.97. The van der Waals surface area contributed by atoms with Gasteiger partial charge >= 0.3 is 0 Å². The van der Waals surface area contributed by atoms with Gasteiger partial charge < -0.3 is 0 Å². The number of benzene rings is 2. The number of aryl methyl sites for hydroxylation is 1. The average Bonchev–Trinajstić information content (AvgIpc) is 2.39. The van der Waals surface area contributed by atoms with E-state index in [1.807, 2.05) is 25.1 Å². The molecule has 0 aliphatic heterocycles. The lowest BCUT2D eigenvalue weighted by Crippen LogP contribution is -1.98. The number of hydrogen-bond acceptors (Lipinski definition) is 3. The molecule has 0 atom stereocenters. The minimum atomic E-state index is -0.0475. The minimum absolute atomic E-state index is 0.0280. The van der Waals surface area contributed by atoms with Crippen molar-refractivity contribution in [1.82, 2.24) is 0 Å². The summed E-state index contributed by atoms with van der Waals surface area (Å²) in [5.41, 5.74) is 2.35. The molecule has 0 radical (unpaired) electrons. The molecule has 96 valence electrons. The highest BCUT2D eigenvalue weighted by atomic mass is 32.2. The second-order valence-corrected chi connectivity index (χ2v) is 5.32. The Morgan fingerprint density at radius 1 is 0.947 bits per heavy atom. The number of ketones is 1. The first kappa shape index (κ1) is 13.6. The smallest absolute Gasteiger partial charge is 0.224 e. The third-order valence-corrected chi connectivity index (χ3v) is 3.75. The maximum absolute atomic E-state index is 12.2. The van der Waals surface area contributed by atoms with E-state index in [9.17, 15) is 9.59 Å². The van der Waals surface area contributed by atoms with Crippen LogP contribution >= 0.6 is 11.8 Å². The van der Waals surface area contributed by atoms with Crippen LogP contribution in [-0.4, -0.2) is 10.9 Å². The molecule has 0 saturated carbocycles. The summed E-state index contributed by atoms with van der Waals surface area (Å²) >= 11 is 1.10. The summed E-state index contributed by atoms with van der Waals surface area (Å²) in [6, 6.07) is 14.6. The van der Waals surface area contributed by atoms with Crippen LogP contribution in [0.5, 0.6) is 0 Å². The van der Waals surface area contributed by atoms with E-state index in [-0.39, 0.29) is 10.9 Å². The van der Waals surface area contributed by atoms with Crippen LogP contribution < -0.4 is 0 Å². The molecule has 0 saturated heterocycles. The highest BCUT2D eigenvalue weighted by Crippen LogP contribution is 2.26. The molecule has 0 spiro atoms. The fourth-order valence-electron chi connectivity index (χ4n) is 1.69. The van der Waals surface area contributed by atoms with Crippen molar-refractivity contribution < 1.29 is 9.59 Å². The van der Waals surface area contributed by atoms with E-state index in [2.05, 4.69) is 0 Å². The molecule has 2 aromatic carbocycles. The summed E-state index contributed by atoms with van der Waals surface area (Å²) in [4.78, 5) is 24.4. The SMILES string of the molecule is CC(=O)c1ccccc1SC(=O)c1ccc(C)cc1. The highest BCUT2D eigenvalue weighted by Gasteiger charge is 2.12. The number of rotatable bonds is 3. The summed E-state index contributed by atoms with van der Waals surface area (Å²) in [5.74, 6) is -0.0280. The zero-order chi connectivity index (χ0) is 13.8. The van der Waals surface area contributed by atoms with Crippen molar-refractivity contribution in [1.29, 1.82) is 0 Å². The van der Waals surface area contributed by atoms with Gasteiger partial charge in [-0.05, 0) is 31.7 Å². The van der Waals surface area contributed by atoms with Crippen molar-refractivity contribution in [3.05, 3.63) is 65.2 Å². The summed E-state index contributed by atoms with van der Waals surface area (Å²) in [6.07, 6.45) is 0. The first-order valence-corrected chi connectivity index (χ1v) is 6.78. The zero-order valence-corrected chi connectivity index (χ0v) is 11.7. The van der Waals surface area contributed by atoms with Gasteiger partial charge in [0.05, 0.1) is 0 Å². The quantitative estimate of drug-likeness (QED) is 0.621. The average molecular weight is 270 g/mol. The molecule has 0 fully saturated rings. The third kappa shape index (κ3) is 3.32. The number of thioether (sulfide) groups is 1. The van der Waals surface area contributed by atoms with Gasteiger partial charge in [0.25, 0.3) is 0 Å². The molecule has 0 bridgehead atoms. The van der Waals surface area contributed by atoms with E-state index < -0.39 is 0 Å². The van der Waals surface area contributed by atoms with Crippen LogP contribution in [0.15, 0.2) is 53.4 Å². The third-order valence-electron chi connectivity index (χ3n) is 2.76. The summed E-state index contributed by atoms with van der Waals surface area (Å²) < 4.78 is 0. The summed E-state index contributed by atoms with van der Waals surface area (Å²) in [7, 11) is 0. The van der Waals surface area contributed by atoms with Gasteiger partial charge in [-0.1, -0.05) is 48.0 Å². The van der Waals surface area contributed by atoms with Gasteiger partial charge in [0.15, 0.2) is 5.78 Å². The topological polar surface area (TPSA) is 34.1 Å². The molecule has 3 heteroatoms. The zero-order valence-electron chi connectivity index (χ0n) is 10.8. The van der Waals surface area contributed by atoms with E-state index in [0.29, 0.717) is 16.0 Å². The van der Waals surface area contributed by atoms with Gasteiger partial charge in [-0.15, -0.1) is 0 Å². The Labute approximate surface area is 116 Å². The number of hydrogen-bond donors (Lipinski definition) is 0. The molecule has 0 aliphatic rings. The molecule has 19 heavy (non-hydrogen) atoms. The summed E-state index contributed by atoms with van der Waals surface area (Å²) in [6.45, 7) is 3.49. The highest BCUT2D eigenvalue weighted by molar-refractivity contribution is 8.14. The van der Waals surface area contributed by atoms with Gasteiger partial charge in [-0.3, -0.25) is 9.59 Å². The molecular formula is C16H14O2S. The molecule has 2 aromatic rings. The Hall–Kier alpha value is -1.87. The molecule has 2 nitrogen and oxygen atoms in total. The van der Waals surface area contributed by atoms with E-state index in [1.165, 1.54) is 6.92 Å². The monoisotopic (exact) mass is 270 g/mol. The summed E-state index contributed by atoms with van der Waals surface area (Å²) in [5, 5.41) is -0.0475. The molecule has 0 aromatic heterocycles. The van der Waals surface area contributed by atoms with Crippen molar-refractivity contribution in [2.45, 2.75) is 18.7 Å². The number of Topliss-reactive ketones (excluding diaryl/α,β-unsaturated/α-hetero) is 1. The minimum Gasteiger partial charge on any atom is -0.294 e. The lowest BCUT2D eigenvalue weighted by atomic mass is 10.1. The van der Waals surface area contributed by atoms with Crippen LogP contribution in [0.25, 0.3) is 0 Å². The first-order chi connectivity index (χ1) is 9.08. The molecule has 0 N–H and O–H groups in total. The van der Waals surface area contributed by atoms with Crippen LogP contribution in [0.4, 0.5) is 0 Å². The number of carbonyl (C=O) groups is 2. The molecule has 2 rings (SSSR count). The Bertz CT molecular complexity index is 615. The Morgan fingerprint density at radius 3 is 2.21 bits per heavy atom. The van der Waals surface area contributed by atoms with Crippen LogP contribution in [0.1, 0.15) is 33.2 Å². The van der Waals surface area contributed by atoms with Crippen LogP contribution in [0, 0.1) is 6.92 Å². The van der Waals surface area contributed by atoms with Crippen LogP contribution in [0.3, 0.4) is 0 Å². The van der Waals surface area contributed by atoms with Crippen molar-refractivity contribution in [2.24, 2.45) is 0 Å². The maximum atomic E-state index is 12.2. The van der Waals surface area contributed by atoms with E-state index in [1.54, 1.807) is 30.3 Å².